The van der Waals surface area contributed by atoms with E-state index in [9.17, 15) is 38.7 Å². The van der Waals surface area contributed by atoms with Gasteiger partial charge in [-0.05, 0) is 19.3 Å². The zero-order chi connectivity index (χ0) is 47.8. The van der Waals surface area contributed by atoms with Crippen LogP contribution in [0, 0.1) is 11.8 Å². The average Bonchev–Trinajstić information content (AvgIpc) is 3.80. The van der Waals surface area contributed by atoms with Crippen molar-refractivity contribution in [2.45, 2.75) is 90.0 Å². The number of aromatic amines is 1. The molecular weight excluding hydrogens is 853 g/mol. The number of imidazole rings is 1. The van der Waals surface area contributed by atoms with Crippen molar-refractivity contribution in [3.8, 4) is 0 Å². The fourth-order valence-electron chi connectivity index (χ4n) is 6.00. The van der Waals surface area contributed by atoms with E-state index in [4.69, 9.17) is 39.9 Å². The van der Waals surface area contributed by atoms with Gasteiger partial charge in [0.25, 0.3) is 0 Å². The van der Waals surface area contributed by atoms with E-state index in [1.165, 1.54) is 19.2 Å². The first kappa shape index (κ1) is 58.6. The second-order valence-corrected chi connectivity index (χ2v) is 15.3. The number of unbranched alkanes of at least 4 members (excludes halogenated alkanes) is 5. The summed E-state index contributed by atoms with van der Waals surface area (Å²) >= 11 is 0. The molecule has 0 aliphatic carbocycles. The summed E-state index contributed by atoms with van der Waals surface area (Å²) in [5.41, 5.74) is 12.0. The molecule has 0 saturated heterocycles. The SMILES string of the molecule is CCCCCCCC(=O)NCCOCCOCC(=O)NCCOCCOCC(=O)NCCOCCOCC(=O)NCCCC[C@H](CC(=O)[C@@H](N)Cc1cnc[nH]1)C(=O)C[C@@H](CO)C(N)=O. The van der Waals surface area contributed by atoms with E-state index in [0.29, 0.717) is 57.7 Å². The molecular formula is C43H76N8O14. The number of primary amides is 1. The number of ketones is 2. The van der Waals surface area contributed by atoms with E-state index in [2.05, 4.69) is 38.2 Å². The van der Waals surface area contributed by atoms with Crippen LogP contribution in [0.4, 0.5) is 0 Å². The van der Waals surface area contributed by atoms with Crippen LogP contribution < -0.4 is 32.7 Å². The highest BCUT2D eigenvalue weighted by Crippen LogP contribution is 2.20. The normalized spacial score (nSPS) is 12.5. The number of carbonyl (C=O) groups excluding carboxylic acids is 7. The third kappa shape index (κ3) is 33.7. The van der Waals surface area contributed by atoms with Gasteiger partial charge in [-0.2, -0.15) is 0 Å². The Labute approximate surface area is 382 Å². The molecule has 0 saturated carbocycles. The first-order valence-electron chi connectivity index (χ1n) is 22.7. The summed E-state index contributed by atoms with van der Waals surface area (Å²) in [6.07, 6.45) is 10.2. The van der Waals surface area contributed by atoms with Crippen LogP contribution in [0.3, 0.4) is 0 Å². The first-order chi connectivity index (χ1) is 31.5. The van der Waals surface area contributed by atoms with Gasteiger partial charge in [0.2, 0.25) is 29.5 Å². The van der Waals surface area contributed by atoms with Crippen LogP contribution in [0.25, 0.3) is 0 Å². The fraction of sp³-hybridized carbons (Fsp3) is 0.767. The minimum atomic E-state index is -1.05. The predicted octanol–water partition coefficient (Wildman–Crippen LogP) is -0.997. The van der Waals surface area contributed by atoms with Crippen LogP contribution in [0.15, 0.2) is 12.5 Å². The highest BCUT2D eigenvalue weighted by atomic mass is 16.5. The lowest BCUT2D eigenvalue weighted by Crippen LogP contribution is -2.36. The number of ether oxygens (including phenoxy) is 6. The summed E-state index contributed by atoms with van der Waals surface area (Å²) in [7, 11) is 0. The van der Waals surface area contributed by atoms with Crippen molar-refractivity contribution < 1.29 is 67.1 Å². The molecule has 0 unspecified atom stereocenters. The predicted molar refractivity (Wildman–Crippen MR) is 237 cm³/mol. The number of H-pyrrole nitrogens is 1. The number of hydrogen-bond donors (Lipinski definition) is 8. The highest BCUT2D eigenvalue weighted by molar-refractivity contribution is 5.92. The molecule has 22 heteroatoms. The average molecular weight is 929 g/mol. The standard InChI is InChI=1S/C43H76N8O14/c1-2-3-4-5-6-10-39(55)48-12-15-60-18-22-64-30-41(57)50-14-17-62-20-23-65-31-42(58)49-13-16-61-19-21-63-29-40(56)47-11-8-7-9-33(37(53)25-34(28-52)43(45)59)24-38(54)36(44)26-35-27-46-32-51-35/h27,32-34,36,52H,2-26,28-31,44H2,1H3,(H2,45,59)(H,46,51)(H,47,56)(H,48,55)(H,49,58)(H,50,57)/t33-,34+,36+/m1/s1. The van der Waals surface area contributed by atoms with Crippen LogP contribution in [0.1, 0.15) is 83.2 Å². The Morgan fingerprint density at radius 1 is 0.615 bits per heavy atom. The maximum absolute atomic E-state index is 13.0. The van der Waals surface area contributed by atoms with Gasteiger partial charge in [-0.3, -0.25) is 33.6 Å². The summed E-state index contributed by atoms with van der Waals surface area (Å²) in [5.74, 6) is -4.17. The molecule has 0 aliphatic heterocycles. The zero-order valence-electron chi connectivity index (χ0n) is 38.2. The van der Waals surface area contributed by atoms with E-state index in [1.54, 1.807) is 6.20 Å². The van der Waals surface area contributed by atoms with Crippen molar-refractivity contribution in [3.05, 3.63) is 18.2 Å². The largest absolute Gasteiger partial charge is 0.396 e. The highest BCUT2D eigenvalue weighted by Gasteiger charge is 2.28. The van der Waals surface area contributed by atoms with E-state index in [0.717, 1.165) is 19.3 Å². The van der Waals surface area contributed by atoms with Gasteiger partial charge in [0.15, 0.2) is 5.78 Å². The summed E-state index contributed by atoms with van der Waals surface area (Å²) in [6, 6.07) is -0.855. The quantitative estimate of drug-likeness (QED) is 0.0364. The van der Waals surface area contributed by atoms with Crippen LogP contribution in [0.5, 0.6) is 0 Å². The number of aliphatic hydroxyl groups excluding tert-OH is 1. The Kier molecular flexibility index (Phi) is 36.0. The Bertz CT molecular complexity index is 1460. The Hall–Kier alpha value is -4.42. The van der Waals surface area contributed by atoms with Crippen molar-refractivity contribution in [2.75, 3.05) is 112 Å². The van der Waals surface area contributed by atoms with Gasteiger partial charge >= 0.3 is 0 Å². The Morgan fingerprint density at radius 2 is 1.11 bits per heavy atom. The number of amides is 5. The molecule has 10 N–H and O–H groups in total. The number of hydrogen-bond acceptors (Lipinski definition) is 16. The number of Topliss-reactive ketones (excluding diaryl/α,β-unsaturated/α-hetero) is 2. The lowest BCUT2D eigenvalue weighted by atomic mass is 9.85. The van der Waals surface area contributed by atoms with Crippen molar-refractivity contribution in [1.82, 2.24) is 31.2 Å². The van der Waals surface area contributed by atoms with E-state index >= 15 is 0 Å². The summed E-state index contributed by atoms with van der Waals surface area (Å²) in [5, 5.41) is 20.3. The number of aromatic nitrogens is 2. The van der Waals surface area contributed by atoms with Crippen molar-refractivity contribution in [1.29, 1.82) is 0 Å². The molecule has 0 aliphatic rings. The van der Waals surface area contributed by atoms with E-state index in [1.807, 2.05) is 0 Å². The summed E-state index contributed by atoms with van der Waals surface area (Å²) in [4.78, 5) is 92.0. The second kappa shape index (κ2) is 39.9. The summed E-state index contributed by atoms with van der Waals surface area (Å²) in [6.45, 7) is 4.62. The van der Waals surface area contributed by atoms with Gasteiger partial charge in [-0.15, -0.1) is 0 Å². The fourth-order valence-corrected chi connectivity index (χ4v) is 6.00. The first-order valence-corrected chi connectivity index (χ1v) is 22.7. The molecule has 3 atom stereocenters. The van der Waals surface area contributed by atoms with Crippen LogP contribution in [-0.2, 0) is 68.4 Å². The molecule has 1 aromatic rings. The van der Waals surface area contributed by atoms with Gasteiger partial charge < -0.3 is 71.2 Å². The van der Waals surface area contributed by atoms with Crippen LogP contribution in [0.2, 0.25) is 0 Å². The molecule has 1 heterocycles. The molecule has 1 aromatic heterocycles. The molecule has 0 fully saturated rings. The molecule has 5 amide bonds. The number of aliphatic hydroxyl groups is 1. The molecule has 1 rings (SSSR count). The number of rotatable bonds is 45. The van der Waals surface area contributed by atoms with Crippen LogP contribution >= 0.6 is 0 Å². The Balaban J connectivity index is 1.99. The number of carbonyl (C=O) groups is 7. The zero-order valence-corrected chi connectivity index (χ0v) is 38.2. The molecule has 0 aromatic carbocycles. The van der Waals surface area contributed by atoms with Crippen LogP contribution in [-0.4, -0.2) is 174 Å². The second-order valence-electron chi connectivity index (χ2n) is 15.3. The van der Waals surface area contributed by atoms with E-state index < -0.39 is 30.4 Å². The van der Waals surface area contributed by atoms with Gasteiger partial charge in [0, 0.05) is 69.7 Å². The lowest BCUT2D eigenvalue weighted by molar-refractivity contribution is -0.132. The number of nitrogens with one attached hydrogen (secondary N) is 5. The molecule has 22 nitrogen and oxygen atoms in total. The number of nitrogens with two attached hydrogens (primary N) is 2. The third-order valence-electron chi connectivity index (χ3n) is 9.71. The minimum absolute atomic E-state index is 0.0348. The molecule has 0 radical (unpaired) electrons. The molecule has 372 valence electrons. The molecule has 65 heavy (non-hydrogen) atoms. The third-order valence-corrected chi connectivity index (χ3v) is 9.71. The maximum Gasteiger partial charge on any atom is 0.246 e. The van der Waals surface area contributed by atoms with Gasteiger partial charge in [0.05, 0.1) is 84.4 Å². The monoisotopic (exact) mass is 929 g/mol. The smallest absolute Gasteiger partial charge is 0.246 e. The minimum Gasteiger partial charge on any atom is -0.396 e. The van der Waals surface area contributed by atoms with Crippen molar-refractivity contribution in [3.63, 3.8) is 0 Å². The number of nitrogens with zero attached hydrogens (tertiary/aromatic N) is 1. The molecule has 0 bridgehead atoms. The van der Waals surface area contributed by atoms with Crippen molar-refractivity contribution >= 4 is 41.1 Å². The maximum atomic E-state index is 13.0. The summed E-state index contributed by atoms with van der Waals surface area (Å²) < 4.78 is 32.1. The lowest BCUT2D eigenvalue weighted by Gasteiger charge is -2.19. The molecule has 0 spiro atoms. The van der Waals surface area contributed by atoms with E-state index in [-0.39, 0.29) is 134 Å². The van der Waals surface area contributed by atoms with Gasteiger partial charge in [-0.1, -0.05) is 39.0 Å². The van der Waals surface area contributed by atoms with Crippen molar-refractivity contribution in [2.24, 2.45) is 23.3 Å². The van der Waals surface area contributed by atoms with Gasteiger partial charge in [-0.25, -0.2) is 4.98 Å². The Morgan fingerprint density at radius 3 is 1.60 bits per heavy atom. The topological polar surface area (TPSA) is 324 Å². The van der Waals surface area contributed by atoms with Gasteiger partial charge in [0.1, 0.15) is 25.6 Å².